The van der Waals surface area contributed by atoms with E-state index in [1.54, 1.807) is 18.2 Å². The molecule has 2 amide bonds. The third kappa shape index (κ3) is 8.24. The Morgan fingerprint density at radius 3 is 2.24 bits per heavy atom. The monoisotopic (exact) mass is 540 g/mol. The minimum absolute atomic E-state index is 0.0142. The predicted octanol–water partition coefficient (Wildman–Crippen LogP) is 6.45. The average Bonchev–Trinajstić information content (AvgIpc) is 2.86. The van der Waals surface area contributed by atoms with Gasteiger partial charge in [-0.2, -0.15) is 0 Å². The summed E-state index contributed by atoms with van der Waals surface area (Å²) in [7, 11) is 0. The van der Waals surface area contributed by atoms with Gasteiger partial charge in [-0.3, -0.25) is 9.59 Å². The van der Waals surface area contributed by atoms with Crippen molar-refractivity contribution in [2.24, 2.45) is 0 Å². The van der Waals surface area contributed by atoms with Gasteiger partial charge in [-0.25, -0.2) is 0 Å². The summed E-state index contributed by atoms with van der Waals surface area (Å²) in [5.41, 5.74) is 2.82. The first kappa shape index (κ1) is 28.5. The van der Waals surface area contributed by atoms with Crippen LogP contribution in [0.25, 0.3) is 0 Å². The summed E-state index contributed by atoms with van der Waals surface area (Å²) >= 11 is 12.5. The SMILES string of the molecule is CCNC(=O)[C@@H](Cc1ccccc1)N(Cc1ccc(Cl)cc1Cl)C(=O)COc1ccc(C(C)(C)C)cc1. The zero-order valence-electron chi connectivity index (χ0n) is 21.8. The van der Waals surface area contributed by atoms with Gasteiger partial charge in [0.1, 0.15) is 11.8 Å². The Bertz CT molecular complexity index is 1190. The van der Waals surface area contributed by atoms with E-state index in [0.29, 0.717) is 34.3 Å². The van der Waals surface area contributed by atoms with Crippen LogP contribution < -0.4 is 10.1 Å². The maximum Gasteiger partial charge on any atom is 0.261 e. The summed E-state index contributed by atoms with van der Waals surface area (Å²) < 4.78 is 5.87. The second-order valence-electron chi connectivity index (χ2n) is 9.92. The molecule has 5 nitrogen and oxygen atoms in total. The zero-order valence-corrected chi connectivity index (χ0v) is 23.3. The van der Waals surface area contributed by atoms with E-state index in [4.69, 9.17) is 27.9 Å². The molecule has 0 aliphatic rings. The first-order chi connectivity index (χ1) is 17.6. The van der Waals surface area contributed by atoms with E-state index in [1.807, 2.05) is 61.5 Å². The number of hydrogen-bond donors (Lipinski definition) is 1. The number of rotatable bonds is 10. The molecule has 0 saturated carbocycles. The van der Waals surface area contributed by atoms with Crippen LogP contribution in [-0.4, -0.2) is 35.9 Å². The van der Waals surface area contributed by atoms with E-state index < -0.39 is 6.04 Å². The third-order valence-electron chi connectivity index (χ3n) is 6.06. The molecule has 0 saturated heterocycles. The Morgan fingerprint density at radius 2 is 1.65 bits per heavy atom. The van der Waals surface area contributed by atoms with Gasteiger partial charge in [-0.05, 0) is 53.3 Å². The van der Waals surface area contributed by atoms with Crippen LogP contribution in [0.3, 0.4) is 0 Å². The normalized spacial score (nSPS) is 12.1. The molecule has 0 aromatic heterocycles. The third-order valence-corrected chi connectivity index (χ3v) is 6.65. The van der Waals surface area contributed by atoms with Crippen LogP contribution in [-0.2, 0) is 28.0 Å². The molecule has 3 aromatic rings. The highest BCUT2D eigenvalue weighted by Crippen LogP contribution is 2.26. The number of benzene rings is 3. The molecule has 0 aliphatic carbocycles. The summed E-state index contributed by atoms with van der Waals surface area (Å²) in [6.07, 6.45) is 0.351. The minimum atomic E-state index is -0.756. The van der Waals surface area contributed by atoms with Gasteiger partial charge in [0, 0.05) is 29.6 Å². The lowest BCUT2D eigenvalue weighted by Gasteiger charge is -2.31. The Hall–Kier alpha value is -3.02. The number of nitrogens with one attached hydrogen (secondary N) is 1. The molecular formula is C30H34Cl2N2O3. The average molecular weight is 542 g/mol. The van der Waals surface area contributed by atoms with Crippen LogP contribution in [0.1, 0.15) is 44.4 Å². The minimum Gasteiger partial charge on any atom is -0.484 e. The van der Waals surface area contributed by atoms with Gasteiger partial charge in [0.2, 0.25) is 5.91 Å². The maximum absolute atomic E-state index is 13.6. The van der Waals surface area contributed by atoms with E-state index in [2.05, 4.69) is 26.1 Å². The number of nitrogens with zero attached hydrogens (tertiary/aromatic N) is 1. The van der Waals surface area contributed by atoms with Gasteiger partial charge in [0.15, 0.2) is 6.61 Å². The summed E-state index contributed by atoms with van der Waals surface area (Å²) in [5.74, 6) is 0.0286. The van der Waals surface area contributed by atoms with Crippen molar-refractivity contribution in [2.45, 2.75) is 52.1 Å². The van der Waals surface area contributed by atoms with Gasteiger partial charge in [0.25, 0.3) is 5.91 Å². The van der Waals surface area contributed by atoms with Crippen molar-refractivity contribution in [1.29, 1.82) is 0 Å². The van der Waals surface area contributed by atoms with Crippen molar-refractivity contribution in [3.05, 3.63) is 99.5 Å². The van der Waals surface area contributed by atoms with Crippen molar-refractivity contribution in [1.82, 2.24) is 10.2 Å². The van der Waals surface area contributed by atoms with Crippen LogP contribution >= 0.6 is 23.2 Å². The molecule has 1 atom stereocenters. The molecule has 0 unspecified atom stereocenters. The number of ether oxygens (including phenoxy) is 1. The highest BCUT2D eigenvalue weighted by Gasteiger charge is 2.31. The Kier molecular flexibility index (Phi) is 10.0. The van der Waals surface area contributed by atoms with Gasteiger partial charge >= 0.3 is 0 Å². The number of hydrogen-bond acceptors (Lipinski definition) is 3. The van der Waals surface area contributed by atoms with Crippen molar-refractivity contribution in [2.75, 3.05) is 13.2 Å². The quantitative estimate of drug-likeness (QED) is 0.321. The Morgan fingerprint density at radius 1 is 0.973 bits per heavy atom. The number of likely N-dealkylation sites (N-methyl/N-ethyl adjacent to an activating group) is 1. The standard InChI is InChI=1S/C30H34Cl2N2O3/c1-5-33-29(36)27(17-21-9-7-6-8-10-21)34(19-22-11-14-24(31)18-26(22)32)28(35)20-37-25-15-12-23(13-16-25)30(2,3)4/h6-16,18,27H,5,17,19-20H2,1-4H3,(H,33,36)/t27-/m1/s1. The largest absolute Gasteiger partial charge is 0.484 e. The molecule has 3 rings (SSSR count). The molecule has 0 heterocycles. The van der Waals surface area contributed by atoms with E-state index in [-0.39, 0.29) is 30.4 Å². The van der Waals surface area contributed by atoms with Crippen LogP contribution in [0.2, 0.25) is 10.0 Å². The summed E-state index contributed by atoms with van der Waals surface area (Å²) in [6, 6.07) is 21.7. The predicted molar refractivity (Wildman–Crippen MR) is 150 cm³/mol. The second-order valence-corrected chi connectivity index (χ2v) is 10.8. The first-order valence-corrected chi connectivity index (χ1v) is 13.1. The van der Waals surface area contributed by atoms with Gasteiger partial charge in [-0.15, -0.1) is 0 Å². The topological polar surface area (TPSA) is 58.6 Å². The van der Waals surface area contributed by atoms with Crippen LogP contribution in [0, 0.1) is 0 Å². The molecule has 1 N–H and O–H groups in total. The summed E-state index contributed by atoms with van der Waals surface area (Å²) in [6.45, 7) is 8.64. The number of carbonyl (C=O) groups excluding carboxylic acids is 2. The Labute approximate surface area is 229 Å². The molecule has 0 fully saturated rings. The molecule has 0 spiro atoms. The van der Waals surface area contributed by atoms with Gasteiger partial charge in [0.05, 0.1) is 0 Å². The van der Waals surface area contributed by atoms with Crippen LogP contribution in [0.5, 0.6) is 5.75 Å². The molecule has 0 aliphatic heterocycles. The maximum atomic E-state index is 13.6. The fraction of sp³-hybridized carbons (Fsp3) is 0.333. The molecule has 0 bridgehead atoms. The Balaban J connectivity index is 1.89. The fourth-order valence-corrected chi connectivity index (χ4v) is 4.43. The van der Waals surface area contributed by atoms with Gasteiger partial charge < -0.3 is 15.0 Å². The molecule has 0 radical (unpaired) electrons. The van der Waals surface area contributed by atoms with E-state index in [9.17, 15) is 9.59 Å². The van der Waals surface area contributed by atoms with Crippen molar-refractivity contribution >= 4 is 35.0 Å². The number of carbonyl (C=O) groups is 2. The number of amides is 2. The van der Waals surface area contributed by atoms with Crippen molar-refractivity contribution in [3.8, 4) is 5.75 Å². The van der Waals surface area contributed by atoms with E-state index in [0.717, 1.165) is 5.56 Å². The molecular weight excluding hydrogens is 507 g/mol. The lowest BCUT2D eigenvalue weighted by molar-refractivity contribution is -0.142. The van der Waals surface area contributed by atoms with Crippen molar-refractivity contribution in [3.63, 3.8) is 0 Å². The zero-order chi connectivity index (χ0) is 27.0. The highest BCUT2D eigenvalue weighted by molar-refractivity contribution is 6.35. The molecule has 196 valence electrons. The molecule has 37 heavy (non-hydrogen) atoms. The molecule has 7 heteroatoms. The van der Waals surface area contributed by atoms with Crippen LogP contribution in [0.4, 0.5) is 0 Å². The van der Waals surface area contributed by atoms with E-state index in [1.165, 1.54) is 10.5 Å². The van der Waals surface area contributed by atoms with Gasteiger partial charge in [-0.1, -0.05) is 92.5 Å². The first-order valence-electron chi connectivity index (χ1n) is 12.4. The fourth-order valence-electron chi connectivity index (χ4n) is 3.96. The summed E-state index contributed by atoms with van der Waals surface area (Å²) in [4.78, 5) is 28.4. The summed E-state index contributed by atoms with van der Waals surface area (Å²) in [5, 5.41) is 3.80. The lowest BCUT2D eigenvalue weighted by atomic mass is 9.87. The lowest BCUT2D eigenvalue weighted by Crippen LogP contribution is -2.51. The highest BCUT2D eigenvalue weighted by atomic mass is 35.5. The second kappa shape index (κ2) is 13.0. The van der Waals surface area contributed by atoms with Crippen molar-refractivity contribution < 1.29 is 14.3 Å². The molecule has 3 aromatic carbocycles. The van der Waals surface area contributed by atoms with Crippen LogP contribution in [0.15, 0.2) is 72.8 Å². The smallest absolute Gasteiger partial charge is 0.261 e. The number of halogens is 2. The van der Waals surface area contributed by atoms with E-state index >= 15 is 0 Å².